The van der Waals surface area contributed by atoms with E-state index < -0.39 is 5.91 Å². The van der Waals surface area contributed by atoms with Crippen molar-refractivity contribution in [1.29, 1.82) is 0 Å². The third-order valence-corrected chi connectivity index (χ3v) is 4.50. The van der Waals surface area contributed by atoms with Crippen molar-refractivity contribution < 1.29 is 9.18 Å². The van der Waals surface area contributed by atoms with Crippen molar-refractivity contribution in [3.8, 4) is 0 Å². The Morgan fingerprint density at radius 3 is 2.77 bits per heavy atom. The van der Waals surface area contributed by atoms with E-state index in [1.54, 1.807) is 29.8 Å². The van der Waals surface area contributed by atoms with Crippen LogP contribution in [0.2, 0.25) is 0 Å². The Morgan fingerprint density at radius 1 is 1.19 bits per heavy atom. The normalized spacial score (nSPS) is 11.3. The summed E-state index contributed by atoms with van der Waals surface area (Å²) in [7, 11) is 0. The summed E-state index contributed by atoms with van der Waals surface area (Å²) in [4.78, 5) is 28.9. The molecule has 0 bridgehead atoms. The van der Waals surface area contributed by atoms with Crippen LogP contribution in [0.4, 0.5) is 4.39 Å². The summed E-state index contributed by atoms with van der Waals surface area (Å²) >= 11 is 0. The molecule has 4 aromatic rings. The van der Waals surface area contributed by atoms with Crippen LogP contribution in [0.3, 0.4) is 0 Å². The van der Waals surface area contributed by atoms with Crippen LogP contribution in [-0.4, -0.2) is 36.7 Å². The van der Waals surface area contributed by atoms with Gasteiger partial charge in [-0.2, -0.15) is 5.10 Å². The number of nitrogens with one attached hydrogen (secondary N) is 1. The van der Waals surface area contributed by atoms with E-state index in [0.717, 1.165) is 0 Å². The lowest BCUT2D eigenvalue weighted by Crippen LogP contribution is -2.25. The van der Waals surface area contributed by atoms with E-state index >= 15 is 0 Å². The first-order valence-electron chi connectivity index (χ1n) is 9.42. The molecule has 0 aliphatic rings. The van der Waals surface area contributed by atoms with Crippen LogP contribution < -0.4 is 11.0 Å². The Balaban J connectivity index is 1.43. The van der Waals surface area contributed by atoms with E-state index in [9.17, 15) is 14.0 Å². The molecular formula is C21H18FN7O2. The zero-order chi connectivity index (χ0) is 21.8. The van der Waals surface area contributed by atoms with Gasteiger partial charge in [0.05, 0.1) is 30.0 Å². The SMILES string of the molecule is Cc1nc2ccccc2n(Cc2cn(CC(=O)N/N=C\c3ccc(F)cc3)nn2)c1=O. The Morgan fingerprint density at radius 2 is 1.97 bits per heavy atom. The minimum atomic E-state index is -0.405. The van der Waals surface area contributed by atoms with E-state index in [2.05, 4.69) is 25.8 Å². The monoisotopic (exact) mass is 419 g/mol. The van der Waals surface area contributed by atoms with E-state index in [1.807, 2.05) is 24.3 Å². The number of benzene rings is 2. The predicted octanol–water partition coefficient (Wildman–Crippen LogP) is 1.63. The zero-order valence-corrected chi connectivity index (χ0v) is 16.6. The Kier molecular flexibility index (Phi) is 5.61. The molecule has 0 spiro atoms. The van der Waals surface area contributed by atoms with Crippen LogP contribution in [0.25, 0.3) is 11.0 Å². The molecule has 0 aliphatic heterocycles. The molecule has 0 saturated carbocycles. The number of amides is 1. The van der Waals surface area contributed by atoms with E-state index in [1.165, 1.54) is 23.0 Å². The van der Waals surface area contributed by atoms with Crippen molar-refractivity contribution in [2.75, 3.05) is 0 Å². The minimum absolute atomic E-state index is 0.0984. The molecule has 2 aromatic heterocycles. The van der Waals surface area contributed by atoms with Crippen LogP contribution in [-0.2, 0) is 17.9 Å². The number of fused-ring (bicyclic) bond motifs is 1. The Labute approximate surface area is 175 Å². The quantitative estimate of drug-likeness (QED) is 0.378. The molecule has 156 valence electrons. The van der Waals surface area contributed by atoms with Gasteiger partial charge in [0, 0.05) is 0 Å². The Hall–Kier alpha value is -4.21. The number of aromatic nitrogens is 5. The molecule has 10 heteroatoms. The second-order valence-corrected chi connectivity index (χ2v) is 6.83. The van der Waals surface area contributed by atoms with Crippen LogP contribution in [0.1, 0.15) is 17.0 Å². The van der Waals surface area contributed by atoms with Gasteiger partial charge < -0.3 is 0 Å². The fourth-order valence-corrected chi connectivity index (χ4v) is 3.04. The van der Waals surface area contributed by atoms with Gasteiger partial charge in [-0.05, 0) is 36.8 Å². The summed E-state index contributed by atoms with van der Waals surface area (Å²) in [6, 6.07) is 13.0. The number of hydrazone groups is 1. The fourth-order valence-electron chi connectivity index (χ4n) is 3.04. The van der Waals surface area contributed by atoms with Crippen LogP contribution >= 0.6 is 0 Å². The summed E-state index contributed by atoms with van der Waals surface area (Å²) in [6.45, 7) is 1.77. The van der Waals surface area contributed by atoms with E-state index in [4.69, 9.17) is 0 Å². The molecule has 1 N–H and O–H groups in total. The third kappa shape index (κ3) is 4.69. The average Bonchev–Trinajstić information content (AvgIpc) is 3.19. The lowest BCUT2D eigenvalue weighted by atomic mass is 10.2. The van der Waals surface area contributed by atoms with Gasteiger partial charge in [0.15, 0.2) is 0 Å². The standard InChI is InChI=1S/C21H18FN7O2/c1-14-21(31)29(19-5-3-2-4-18(19)24-14)12-17-11-28(27-25-17)13-20(30)26-23-10-15-6-8-16(22)9-7-15/h2-11H,12-13H2,1H3,(H,26,30)/b23-10-. The van der Waals surface area contributed by atoms with Crippen molar-refractivity contribution >= 4 is 23.2 Å². The number of carbonyl (C=O) groups excluding carboxylic acids is 1. The number of halogens is 1. The van der Waals surface area contributed by atoms with Crippen molar-refractivity contribution in [1.82, 2.24) is 30.0 Å². The van der Waals surface area contributed by atoms with Crippen LogP contribution in [0, 0.1) is 12.7 Å². The zero-order valence-electron chi connectivity index (χ0n) is 16.6. The molecule has 1 amide bonds. The van der Waals surface area contributed by atoms with E-state index in [0.29, 0.717) is 28.0 Å². The molecule has 0 saturated heterocycles. The maximum atomic E-state index is 12.9. The molecule has 2 aromatic carbocycles. The molecular weight excluding hydrogens is 401 g/mol. The maximum Gasteiger partial charge on any atom is 0.272 e. The lowest BCUT2D eigenvalue weighted by Gasteiger charge is -2.09. The highest BCUT2D eigenvalue weighted by molar-refractivity contribution is 5.82. The first-order valence-corrected chi connectivity index (χ1v) is 9.42. The molecule has 0 atom stereocenters. The van der Waals surface area contributed by atoms with Gasteiger partial charge in [0.25, 0.3) is 11.5 Å². The average molecular weight is 419 g/mol. The van der Waals surface area contributed by atoms with Gasteiger partial charge in [-0.3, -0.25) is 14.2 Å². The highest BCUT2D eigenvalue weighted by Gasteiger charge is 2.11. The summed E-state index contributed by atoms with van der Waals surface area (Å²) in [5.41, 5.74) is 5.15. The predicted molar refractivity (Wildman–Crippen MR) is 112 cm³/mol. The molecule has 31 heavy (non-hydrogen) atoms. The second kappa shape index (κ2) is 8.66. The van der Waals surface area contributed by atoms with Crippen LogP contribution in [0.5, 0.6) is 0 Å². The lowest BCUT2D eigenvalue weighted by molar-refractivity contribution is -0.121. The Bertz CT molecular complexity index is 1330. The molecule has 0 aliphatic carbocycles. The van der Waals surface area contributed by atoms with Crippen molar-refractivity contribution in [3.05, 3.63) is 87.9 Å². The number of rotatable bonds is 6. The van der Waals surface area contributed by atoms with E-state index in [-0.39, 0.29) is 24.5 Å². The summed E-state index contributed by atoms with van der Waals surface area (Å²) in [5, 5.41) is 11.8. The minimum Gasteiger partial charge on any atom is -0.299 e. The number of aryl methyl sites for hydroxylation is 1. The van der Waals surface area contributed by atoms with Gasteiger partial charge >= 0.3 is 0 Å². The molecule has 4 rings (SSSR count). The highest BCUT2D eigenvalue weighted by atomic mass is 19.1. The van der Waals surface area contributed by atoms with Gasteiger partial charge in [0.2, 0.25) is 0 Å². The summed E-state index contributed by atoms with van der Waals surface area (Å²) in [5.74, 6) is -0.752. The maximum absolute atomic E-state index is 12.9. The first kappa shape index (κ1) is 20.1. The largest absolute Gasteiger partial charge is 0.299 e. The number of para-hydroxylation sites is 2. The van der Waals surface area contributed by atoms with Gasteiger partial charge in [-0.1, -0.05) is 29.5 Å². The number of carbonyl (C=O) groups is 1. The topological polar surface area (TPSA) is 107 Å². The first-order chi connectivity index (χ1) is 15.0. The summed E-state index contributed by atoms with van der Waals surface area (Å²) < 4.78 is 15.8. The van der Waals surface area contributed by atoms with Crippen molar-refractivity contribution in [2.45, 2.75) is 20.0 Å². The van der Waals surface area contributed by atoms with Crippen molar-refractivity contribution in [3.63, 3.8) is 0 Å². The molecule has 0 fully saturated rings. The molecule has 9 nitrogen and oxygen atoms in total. The van der Waals surface area contributed by atoms with Crippen LogP contribution in [0.15, 0.2) is 64.6 Å². The van der Waals surface area contributed by atoms with Gasteiger partial charge in [0.1, 0.15) is 23.7 Å². The number of nitrogens with zero attached hydrogens (tertiary/aromatic N) is 6. The fraction of sp³-hybridized carbons (Fsp3) is 0.143. The van der Waals surface area contributed by atoms with Gasteiger partial charge in [-0.25, -0.2) is 19.5 Å². The highest BCUT2D eigenvalue weighted by Crippen LogP contribution is 2.11. The molecule has 0 unspecified atom stereocenters. The number of hydrogen-bond acceptors (Lipinski definition) is 6. The van der Waals surface area contributed by atoms with Crippen molar-refractivity contribution in [2.24, 2.45) is 5.10 Å². The van der Waals surface area contributed by atoms with Gasteiger partial charge in [-0.15, -0.1) is 5.10 Å². The number of hydrogen-bond donors (Lipinski definition) is 1. The second-order valence-electron chi connectivity index (χ2n) is 6.83. The smallest absolute Gasteiger partial charge is 0.272 e. The summed E-state index contributed by atoms with van der Waals surface area (Å²) in [6.07, 6.45) is 3.01. The third-order valence-electron chi connectivity index (χ3n) is 4.50. The molecule has 2 heterocycles. The molecule has 0 radical (unpaired) electrons.